The summed E-state index contributed by atoms with van der Waals surface area (Å²) in [6, 6.07) is 0. The van der Waals surface area contributed by atoms with E-state index in [0.29, 0.717) is 28.9 Å². The Kier molecular flexibility index (Phi) is 3.22. The molecule has 4 rings (SSSR count). The summed E-state index contributed by atoms with van der Waals surface area (Å²) in [5.74, 6) is 3.10. The van der Waals surface area contributed by atoms with Crippen LogP contribution in [0.5, 0.6) is 0 Å². The van der Waals surface area contributed by atoms with Crippen molar-refractivity contribution in [3.8, 4) is 0 Å². The van der Waals surface area contributed by atoms with Crippen LogP contribution in [-0.4, -0.2) is 4.92 Å². The smallest absolute Gasteiger partial charge is 0.242 e. The van der Waals surface area contributed by atoms with Crippen LogP contribution < -0.4 is 0 Å². The molecule has 0 spiro atoms. The fourth-order valence-electron chi connectivity index (χ4n) is 6.99. The normalized spacial score (nSPS) is 50.5. The quantitative estimate of drug-likeness (QED) is 0.494. The van der Waals surface area contributed by atoms with Gasteiger partial charge in [0.15, 0.2) is 0 Å². The number of hydrogen-bond donors (Lipinski definition) is 0. The number of hydrogen-bond acceptors (Lipinski definition) is 2. The van der Waals surface area contributed by atoms with Gasteiger partial charge in [-0.25, -0.2) is 0 Å². The molecule has 3 heteroatoms. The molecule has 4 aliphatic carbocycles. The number of fused-ring (bicyclic) bond motifs is 5. The average Bonchev–Trinajstić information content (AvgIpc) is 2.88. The zero-order valence-electron chi connectivity index (χ0n) is 14.0. The van der Waals surface area contributed by atoms with Crippen molar-refractivity contribution in [2.75, 3.05) is 0 Å². The summed E-state index contributed by atoms with van der Waals surface area (Å²) in [5, 5.41) is 11.1. The van der Waals surface area contributed by atoms with E-state index in [0.717, 1.165) is 24.2 Å². The maximum atomic E-state index is 11.1. The molecule has 0 amide bonds. The van der Waals surface area contributed by atoms with Crippen molar-refractivity contribution in [1.82, 2.24) is 0 Å². The number of nitrogens with zero attached hydrogens (tertiary/aromatic N) is 1. The van der Waals surface area contributed by atoms with Gasteiger partial charge in [0.25, 0.3) is 0 Å². The third-order valence-corrected chi connectivity index (χ3v) is 8.27. The summed E-state index contributed by atoms with van der Waals surface area (Å²) >= 11 is 0. The summed E-state index contributed by atoms with van der Waals surface area (Å²) < 4.78 is 0. The van der Waals surface area contributed by atoms with Crippen molar-refractivity contribution in [3.05, 3.63) is 21.9 Å². The number of rotatable bonds is 1. The molecule has 0 bridgehead atoms. The first-order chi connectivity index (χ1) is 10.4. The predicted molar refractivity (Wildman–Crippen MR) is 86.8 cm³/mol. The largest absolute Gasteiger partial charge is 0.259 e. The molecule has 3 nitrogen and oxygen atoms in total. The molecule has 0 aromatic carbocycles. The standard InChI is InChI=1S/C19H29NO2/c1-18-9-3-4-16(18)15-6-5-13-12-14(20(21)22)7-11-19(13,2)17(15)8-10-18/h12-13,15-17H,3-11H2,1-2H3/t13-,15+,16?,17+,18-,19-/m0/s1. The van der Waals surface area contributed by atoms with E-state index in [9.17, 15) is 10.1 Å². The Morgan fingerprint density at radius 1 is 1.09 bits per heavy atom. The lowest BCUT2D eigenvalue weighted by Crippen LogP contribution is -2.51. The Morgan fingerprint density at radius 3 is 2.68 bits per heavy atom. The van der Waals surface area contributed by atoms with Gasteiger partial charge in [0.2, 0.25) is 5.70 Å². The molecule has 0 saturated heterocycles. The van der Waals surface area contributed by atoms with Gasteiger partial charge in [0.1, 0.15) is 0 Å². The lowest BCUT2D eigenvalue weighted by molar-refractivity contribution is -0.430. The zero-order chi connectivity index (χ0) is 15.5. The van der Waals surface area contributed by atoms with Gasteiger partial charge in [-0.3, -0.25) is 10.1 Å². The van der Waals surface area contributed by atoms with Crippen molar-refractivity contribution in [2.45, 2.75) is 71.6 Å². The first-order valence-corrected chi connectivity index (χ1v) is 9.29. The Balaban J connectivity index is 1.64. The molecule has 0 N–H and O–H groups in total. The maximum Gasteiger partial charge on any atom is 0.242 e. The molecule has 22 heavy (non-hydrogen) atoms. The van der Waals surface area contributed by atoms with Crippen LogP contribution in [0.1, 0.15) is 71.6 Å². The fraction of sp³-hybridized carbons (Fsp3) is 0.895. The van der Waals surface area contributed by atoms with Gasteiger partial charge in [-0.2, -0.15) is 0 Å². The molecular formula is C19H29NO2. The van der Waals surface area contributed by atoms with E-state index >= 15 is 0 Å². The maximum absolute atomic E-state index is 11.1. The topological polar surface area (TPSA) is 43.1 Å². The molecule has 3 saturated carbocycles. The molecule has 1 unspecified atom stereocenters. The SMILES string of the molecule is C[C@@]12CCCC1[C@H]1CC[C@H]3C=C([N+](=O)[O-])CC[C@]3(C)[C@@H]1CC2. The molecule has 3 fully saturated rings. The molecule has 0 aliphatic heterocycles. The molecule has 0 heterocycles. The first-order valence-electron chi connectivity index (χ1n) is 9.29. The monoisotopic (exact) mass is 303 g/mol. The summed E-state index contributed by atoms with van der Waals surface area (Å²) in [6.07, 6.45) is 13.3. The van der Waals surface area contributed by atoms with E-state index < -0.39 is 0 Å². The van der Waals surface area contributed by atoms with E-state index in [4.69, 9.17) is 0 Å². The second-order valence-electron chi connectivity index (χ2n) is 9.07. The third-order valence-electron chi connectivity index (χ3n) is 8.27. The van der Waals surface area contributed by atoms with E-state index in [-0.39, 0.29) is 4.92 Å². The van der Waals surface area contributed by atoms with Crippen molar-refractivity contribution >= 4 is 0 Å². The zero-order valence-corrected chi connectivity index (χ0v) is 14.0. The van der Waals surface area contributed by atoms with E-state index in [1.807, 2.05) is 6.08 Å². The van der Waals surface area contributed by atoms with Crippen LogP contribution in [0.15, 0.2) is 11.8 Å². The van der Waals surface area contributed by atoms with Crippen molar-refractivity contribution in [1.29, 1.82) is 0 Å². The molecule has 0 aromatic rings. The predicted octanol–water partition coefficient (Wildman–Crippen LogP) is 5.19. The second-order valence-corrected chi connectivity index (χ2v) is 9.07. The van der Waals surface area contributed by atoms with Crippen LogP contribution in [0.3, 0.4) is 0 Å². The minimum atomic E-state index is -0.138. The number of allylic oxidation sites excluding steroid dienone is 2. The Bertz CT molecular complexity index is 528. The van der Waals surface area contributed by atoms with Crippen LogP contribution >= 0.6 is 0 Å². The van der Waals surface area contributed by atoms with Gasteiger partial charge in [0, 0.05) is 6.42 Å². The summed E-state index contributed by atoms with van der Waals surface area (Å²) in [4.78, 5) is 11.0. The van der Waals surface area contributed by atoms with Crippen molar-refractivity contribution < 1.29 is 4.92 Å². The Labute approximate surface area is 133 Å². The highest BCUT2D eigenvalue weighted by molar-refractivity contribution is 5.14. The van der Waals surface area contributed by atoms with E-state index in [1.54, 1.807) is 0 Å². The van der Waals surface area contributed by atoms with Crippen LogP contribution in [0.2, 0.25) is 0 Å². The minimum absolute atomic E-state index is 0.138. The Morgan fingerprint density at radius 2 is 1.91 bits per heavy atom. The van der Waals surface area contributed by atoms with Crippen LogP contribution in [0, 0.1) is 44.6 Å². The van der Waals surface area contributed by atoms with Gasteiger partial charge in [-0.1, -0.05) is 20.3 Å². The third kappa shape index (κ3) is 1.93. The molecule has 4 aliphatic rings. The molecule has 6 atom stereocenters. The molecule has 0 aromatic heterocycles. The highest BCUT2D eigenvalue weighted by Crippen LogP contribution is 2.65. The average molecular weight is 303 g/mol. The van der Waals surface area contributed by atoms with Gasteiger partial charge in [-0.05, 0) is 85.5 Å². The summed E-state index contributed by atoms with van der Waals surface area (Å²) in [7, 11) is 0. The summed E-state index contributed by atoms with van der Waals surface area (Å²) in [5.41, 5.74) is 1.43. The highest BCUT2D eigenvalue weighted by atomic mass is 16.6. The van der Waals surface area contributed by atoms with Gasteiger partial charge in [-0.15, -0.1) is 0 Å². The lowest BCUT2D eigenvalue weighted by atomic mass is 9.46. The minimum Gasteiger partial charge on any atom is -0.259 e. The molecule has 0 radical (unpaired) electrons. The van der Waals surface area contributed by atoms with Crippen molar-refractivity contribution in [2.24, 2.45) is 34.5 Å². The molecule has 122 valence electrons. The fourth-order valence-corrected chi connectivity index (χ4v) is 6.99. The van der Waals surface area contributed by atoms with Crippen LogP contribution in [0.4, 0.5) is 0 Å². The highest BCUT2D eigenvalue weighted by Gasteiger charge is 2.57. The van der Waals surface area contributed by atoms with E-state index in [1.165, 1.54) is 44.9 Å². The Hall–Kier alpha value is -0.860. The first kappa shape index (κ1) is 14.7. The second kappa shape index (κ2) is 4.82. The van der Waals surface area contributed by atoms with Crippen LogP contribution in [-0.2, 0) is 0 Å². The van der Waals surface area contributed by atoms with Gasteiger partial charge < -0.3 is 0 Å². The van der Waals surface area contributed by atoms with Crippen molar-refractivity contribution in [3.63, 3.8) is 0 Å². The van der Waals surface area contributed by atoms with Gasteiger partial charge in [0.05, 0.1) is 4.92 Å². The van der Waals surface area contributed by atoms with Gasteiger partial charge >= 0.3 is 0 Å². The van der Waals surface area contributed by atoms with Crippen LogP contribution in [0.25, 0.3) is 0 Å². The summed E-state index contributed by atoms with van der Waals surface area (Å²) in [6.45, 7) is 5.00. The number of nitro groups is 1. The molecular weight excluding hydrogens is 274 g/mol. The van der Waals surface area contributed by atoms with E-state index in [2.05, 4.69) is 13.8 Å². The lowest BCUT2D eigenvalue weighted by Gasteiger charge is -2.58.